The maximum Gasteiger partial charge on any atom is 0.263 e. The molecule has 1 aromatic carbocycles. The number of carbonyl (C=O) groups excluding carboxylic acids is 1. The van der Waals surface area contributed by atoms with Crippen LogP contribution in [0.25, 0.3) is 10.2 Å². The van der Waals surface area contributed by atoms with Gasteiger partial charge in [-0.15, -0.1) is 11.3 Å². The number of nitrogens with zero attached hydrogens (tertiary/aromatic N) is 2. The van der Waals surface area contributed by atoms with Crippen molar-refractivity contribution in [3.8, 4) is 11.5 Å². The number of hydrogen-bond acceptors (Lipinski definition) is 7. The summed E-state index contributed by atoms with van der Waals surface area (Å²) in [6.07, 6.45) is 2.69. The molecule has 0 unspecified atom stereocenters. The molecular formula is C18H17N3O4S2. The van der Waals surface area contributed by atoms with E-state index < -0.39 is 0 Å². The fourth-order valence-corrected chi connectivity index (χ4v) is 4.40. The standard InChI is InChI=1S/C18H17N3O4S2/c1-3-11-7-12-16(27-11)20-18(26-2)21(17(12)23)8-15(22)19-10-4-5-13-14(6-10)25-9-24-13/h4-7H,3,8-9H2,1-2H3,(H,19,22). The molecule has 0 radical (unpaired) electrons. The van der Waals surface area contributed by atoms with E-state index >= 15 is 0 Å². The van der Waals surface area contributed by atoms with Crippen LogP contribution >= 0.6 is 23.1 Å². The average molecular weight is 403 g/mol. The molecule has 2 aromatic heterocycles. The molecule has 0 aliphatic carbocycles. The third-order valence-electron chi connectivity index (χ3n) is 4.16. The molecule has 3 aromatic rings. The van der Waals surface area contributed by atoms with E-state index in [0.29, 0.717) is 32.6 Å². The lowest BCUT2D eigenvalue weighted by Gasteiger charge is -2.11. The number of benzene rings is 1. The lowest BCUT2D eigenvalue weighted by atomic mass is 10.2. The van der Waals surface area contributed by atoms with Crippen LogP contribution in [0, 0.1) is 0 Å². The van der Waals surface area contributed by atoms with E-state index in [1.165, 1.54) is 27.7 Å². The number of thiophene rings is 1. The maximum absolute atomic E-state index is 12.9. The van der Waals surface area contributed by atoms with Gasteiger partial charge in [-0.1, -0.05) is 18.7 Å². The largest absolute Gasteiger partial charge is 0.454 e. The van der Waals surface area contributed by atoms with Crippen LogP contribution in [-0.2, 0) is 17.8 Å². The fraction of sp³-hybridized carbons (Fsp3) is 0.278. The van der Waals surface area contributed by atoms with Gasteiger partial charge < -0.3 is 14.8 Å². The van der Waals surface area contributed by atoms with Crippen LogP contribution in [0.5, 0.6) is 11.5 Å². The Kier molecular flexibility index (Phi) is 4.79. The van der Waals surface area contributed by atoms with Crippen LogP contribution < -0.4 is 20.3 Å². The zero-order chi connectivity index (χ0) is 19.0. The molecule has 1 amide bonds. The summed E-state index contributed by atoms with van der Waals surface area (Å²) in [6.45, 7) is 2.10. The van der Waals surface area contributed by atoms with Gasteiger partial charge >= 0.3 is 0 Å². The van der Waals surface area contributed by atoms with Crippen molar-refractivity contribution in [2.75, 3.05) is 18.4 Å². The van der Waals surface area contributed by atoms with Gasteiger partial charge in [0.1, 0.15) is 11.4 Å². The van der Waals surface area contributed by atoms with Gasteiger partial charge in [0.15, 0.2) is 16.7 Å². The Balaban J connectivity index is 1.61. The van der Waals surface area contributed by atoms with E-state index in [2.05, 4.69) is 10.3 Å². The SMILES string of the molecule is CCc1cc2c(=O)n(CC(=O)Nc3ccc4c(c3)OCO4)c(SC)nc2s1. The number of thioether (sulfide) groups is 1. The summed E-state index contributed by atoms with van der Waals surface area (Å²) in [5.41, 5.74) is 0.391. The van der Waals surface area contributed by atoms with E-state index in [4.69, 9.17) is 9.47 Å². The zero-order valence-electron chi connectivity index (χ0n) is 14.8. The van der Waals surface area contributed by atoms with E-state index in [0.717, 1.165) is 11.3 Å². The van der Waals surface area contributed by atoms with Gasteiger partial charge in [0.2, 0.25) is 12.7 Å². The number of hydrogen-bond donors (Lipinski definition) is 1. The Bertz CT molecular complexity index is 1090. The normalized spacial score (nSPS) is 12.5. The molecule has 0 saturated carbocycles. The summed E-state index contributed by atoms with van der Waals surface area (Å²) in [4.78, 5) is 31.8. The molecule has 3 heterocycles. The van der Waals surface area contributed by atoms with Gasteiger partial charge in [-0.25, -0.2) is 4.98 Å². The monoisotopic (exact) mass is 403 g/mol. The van der Waals surface area contributed by atoms with Crippen molar-refractivity contribution in [1.82, 2.24) is 9.55 Å². The Morgan fingerprint density at radius 2 is 2.15 bits per heavy atom. The van der Waals surface area contributed by atoms with Crippen molar-refractivity contribution < 1.29 is 14.3 Å². The smallest absolute Gasteiger partial charge is 0.263 e. The highest BCUT2D eigenvalue weighted by Gasteiger charge is 2.17. The second kappa shape index (κ2) is 7.24. The predicted molar refractivity (Wildman–Crippen MR) is 106 cm³/mol. The molecule has 9 heteroatoms. The van der Waals surface area contributed by atoms with Crippen LogP contribution in [0.1, 0.15) is 11.8 Å². The van der Waals surface area contributed by atoms with Crippen molar-refractivity contribution in [1.29, 1.82) is 0 Å². The summed E-state index contributed by atoms with van der Waals surface area (Å²) < 4.78 is 12.0. The van der Waals surface area contributed by atoms with E-state index in [1.807, 2.05) is 19.2 Å². The van der Waals surface area contributed by atoms with Gasteiger partial charge in [0, 0.05) is 16.6 Å². The molecule has 0 saturated heterocycles. The van der Waals surface area contributed by atoms with Crippen molar-refractivity contribution in [2.24, 2.45) is 0 Å². The molecule has 0 spiro atoms. The summed E-state index contributed by atoms with van der Waals surface area (Å²) in [5.74, 6) is 0.925. The molecule has 7 nitrogen and oxygen atoms in total. The van der Waals surface area contributed by atoms with Gasteiger partial charge in [-0.05, 0) is 30.9 Å². The van der Waals surface area contributed by atoms with Crippen molar-refractivity contribution in [3.63, 3.8) is 0 Å². The predicted octanol–water partition coefficient (Wildman–Crippen LogP) is 3.11. The van der Waals surface area contributed by atoms with Gasteiger partial charge in [0.05, 0.1) is 5.39 Å². The first-order valence-electron chi connectivity index (χ1n) is 8.35. The summed E-state index contributed by atoms with van der Waals surface area (Å²) in [7, 11) is 0. The third-order valence-corrected chi connectivity index (χ3v) is 6.01. The molecule has 4 rings (SSSR count). The molecule has 140 valence electrons. The second-order valence-corrected chi connectivity index (χ2v) is 7.78. The minimum absolute atomic E-state index is 0.107. The van der Waals surface area contributed by atoms with Crippen molar-refractivity contribution >= 4 is 44.9 Å². The highest BCUT2D eigenvalue weighted by Crippen LogP contribution is 2.34. The van der Waals surface area contributed by atoms with Crippen LogP contribution in [0.15, 0.2) is 34.2 Å². The lowest BCUT2D eigenvalue weighted by molar-refractivity contribution is -0.116. The van der Waals surface area contributed by atoms with Gasteiger partial charge in [-0.2, -0.15) is 0 Å². The van der Waals surface area contributed by atoms with Crippen LogP contribution in [0.4, 0.5) is 5.69 Å². The number of amides is 1. The number of nitrogens with one attached hydrogen (secondary N) is 1. The molecule has 0 bridgehead atoms. The molecule has 1 aliphatic rings. The lowest BCUT2D eigenvalue weighted by Crippen LogP contribution is -2.29. The number of ether oxygens (including phenoxy) is 2. The Hall–Kier alpha value is -2.52. The molecule has 27 heavy (non-hydrogen) atoms. The Morgan fingerprint density at radius 3 is 2.93 bits per heavy atom. The van der Waals surface area contributed by atoms with E-state index in [9.17, 15) is 9.59 Å². The van der Waals surface area contributed by atoms with Crippen LogP contribution in [-0.4, -0.2) is 28.5 Å². The fourth-order valence-electron chi connectivity index (χ4n) is 2.84. The van der Waals surface area contributed by atoms with Gasteiger partial charge in [0.25, 0.3) is 5.56 Å². The number of rotatable bonds is 5. The highest BCUT2D eigenvalue weighted by atomic mass is 32.2. The van der Waals surface area contributed by atoms with E-state index in [1.54, 1.807) is 18.2 Å². The maximum atomic E-state index is 12.9. The molecule has 0 atom stereocenters. The number of aromatic nitrogens is 2. The van der Waals surface area contributed by atoms with Crippen LogP contribution in [0.2, 0.25) is 0 Å². The summed E-state index contributed by atoms with van der Waals surface area (Å²) in [5, 5.41) is 3.88. The first kappa shape index (κ1) is 17.9. The number of anilines is 1. The average Bonchev–Trinajstić information content (AvgIpc) is 3.29. The number of fused-ring (bicyclic) bond motifs is 2. The van der Waals surface area contributed by atoms with Crippen molar-refractivity contribution in [3.05, 3.63) is 39.5 Å². The first-order chi connectivity index (χ1) is 13.1. The third kappa shape index (κ3) is 3.40. The summed E-state index contributed by atoms with van der Waals surface area (Å²) >= 11 is 2.87. The first-order valence-corrected chi connectivity index (χ1v) is 10.4. The molecule has 1 N–H and O–H groups in total. The second-order valence-electron chi connectivity index (χ2n) is 5.89. The molecule has 1 aliphatic heterocycles. The van der Waals surface area contributed by atoms with Crippen LogP contribution in [0.3, 0.4) is 0 Å². The minimum atomic E-state index is -0.307. The number of aryl methyl sites for hydroxylation is 1. The quantitative estimate of drug-likeness (QED) is 0.521. The van der Waals surface area contributed by atoms with Gasteiger partial charge in [-0.3, -0.25) is 14.2 Å². The van der Waals surface area contributed by atoms with Crippen molar-refractivity contribution in [2.45, 2.75) is 25.0 Å². The highest BCUT2D eigenvalue weighted by molar-refractivity contribution is 7.98. The topological polar surface area (TPSA) is 82.5 Å². The molecular weight excluding hydrogens is 386 g/mol. The Morgan fingerprint density at radius 1 is 1.33 bits per heavy atom. The minimum Gasteiger partial charge on any atom is -0.454 e. The zero-order valence-corrected chi connectivity index (χ0v) is 16.4. The Labute approximate surface area is 163 Å². The molecule has 0 fully saturated rings. The summed E-state index contributed by atoms with van der Waals surface area (Å²) in [6, 6.07) is 7.04. The van der Waals surface area contributed by atoms with E-state index in [-0.39, 0.29) is 24.8 Å². The number of carbonyl (C=O) groups is 1.